The van der Waals surface area contributed by atoms with Crippen molar-refractivity contribution in [3.8, 4) is 34.0 Å². The number of ether oxygens (including phenoxy) is 1. The summed E-state index contributed by atoms with van der Waals surface area (Å²) in [5.74, 6) is 0.146. The first-order valence-electron chi connectivity index (χ1n) is 17.3. The second kappa shape index (κ2) is 14.6. The van der Waals surface area contributed by atoms with E-state index < -0.39 is 20.8 Å². The van der Waals surface area contributed by atoms with Crippen LogP contribution in [0, 0.1) is 19.0 Å². The average molecular weight is 814 g/mol. The van der Waals surface area contributed by atoms with E-state index in [1.165, 1.54) is 11.4 Å². The molecule has 0 fully saturated rings. The minimum Gasteiger partial charge on any atom is -0.498 e. The number of fused-ring (bicyclic) bond motifs is 2. The number of aryl methyl sites for hydroxylation is 1. The smallest absolute Gasteiger partial charge is 0.138 e. The Bertz CT molecular complexity index is 2100. The first-order chi connectivity index (χ1) is 23.7. The van der Waals surface area contributed by atoms with Gasteiger partial charge in [0.2, 0.25) is 0 Å². The molecule has 1 aliphatic rings. The molecule has 3 heterocycles. The van der Waals surface area contributed by atoms with Gasteiger partial charge in [-0.2, -0.15) is 0 Å². The van der Waals surface area contributed by atoms with Gasteiger partial charge in [-0.15, -0.1) is 54.1 Å². The van der Waals surface area contributed by atoms with E-state index in [0.29, 0.717) is 28.3 Å². The number of para-hydroxylation sites is 3. The van der Waals surface area contributed by atoms with Gasteiger partial charge in [0.05, 0.1) is 19.5 Å². The van der Waals surface area contributed by atoms with Crippen molar-refractivity contribution in [1.82, 2.24) is 9.97 Å². The molecule has 0 atom stereocenters. The van der Waals surface area contributed by atoms with Crippen LogP contribution in [-0.2, 0) is 20.1 Å². The topological polar surface area (TPSA) is 38.3 Å². The molecule has 6 aromatic rings. The fourth-order valence-corrected chi connectivity index (χ4v) is 6.36. The molecule has 0 unspecified atom stereocenters. The average Bonchev–Trinajstić information content (AvgIpc) is 3.10. The summed E-state index contributed by atoms with van der Waals surface area (Å²) in [6.45, 7) is 7.98. The number of aromatic nitrogens is 2. The van der Waals surface area contributed by atoms with E-state index in [4.69, 9.17) is 10.2 Å². The summed E-state index contributed by atoms with van der Waals surface area (Å²) >= 11 is 0. The maximum absolute atomic E-state index is 8.55. The zero-order chi connectivity index (χ0) is 35.7. The third-order valence-electron chi connectivity index (χ3n) is 7.82. The summed E-state index contributed by atoms with van der Waals surface area (Å²) in [5, 5.41) is 1.40. The quantitative estimate of drug-likeness (QED) is 0.128. The molecule has 1 aliphatic heterocycles. The molecule has 7 rings (SSSR count). The van der Waals surface area contributed by atoms with E-state index in [0.717, 1.165) is 28.3 Å². The third kappa shape index (κ3) is 7.46. The fourth-order valence-electron chi connectivity index (χ4n) is 5.32. The Morgan fingerprint density at radius 3 is 2.21 bits per heavy atom. The Hall–Kier alpha value is -4.35. The van der Waals surface area contributed by atoms with Crippen LogP contribution in [0.3, 0.4) is 0 Å². The Morgan fingerprint density at radius 1 is 0.787 bits per heavy atom. The molecule has 239 valence electrons. The van der Waals surface area contributed by atoms with E-state index in [1.54, 1.807) is 19.9 Å². The predicted octanol–water partition coefficient (Wildman–Crippen LogP) is 10.6. The molecule has 0 saturated carbocycles. The molecular weight excluding hydrogens is 771 g/mol. The molecular formula is C41H39IrN3OSi-2. The van der Waals surface area contributed by atoms with Gasteiger partial charge in [-0.25, -0.2) is 0 Å². The van der Waals surface area contributed by atoms with Crippen molar-refractivity contribution in [3.05, 3.63) is 145 Å². The van der Waals surface area contributed by atoms with Crippen molar-refractivity contribution >= 4 is 30.3 Å². The molecule has 47 heavy (non-hydrogen) atoms. The van der Waals surface area contributed by atoms with Crippen LogP contribution in [0.2, 0.25) is 19.6 Å². The minimum atomic E-state index is -2.36. The summed E-state index contributed by atoms with van der Waals surface area (Å²) in [6, 6.07) is 41.9. The summed E-state index contributed by atoms with van der Waals surface area (Å²) < 4.78 is 38.6. The van der Waals surface area contributed by atoms with Crippen LogP contribution in [-0.4, -0.2) is 18.0 Å². The van der Waals surface area contributed by atoms with Gasteiger partial charge in [0.1, 0.15) is 5.75 Å². The number of pyridine rings is 2. The van der Waals surface area contributed by atoms with Gasteiger partial charge in [-0.05, 0) is 64.7 Å². The summed E-state index contributed by atoms with van der Waals surface area (Å²) in [7, 11) is -1.23. The zero-order valence-corrected chi connectivity index (χ0v) is 30.5. The molecule has 6 heteroatoms. The molecule has 2 aromatic heterocycles. The zero-order valence-electron chi connectivity index (χ0n) is 31.1. The monoisotopic (exact) mass is 814 g/mol. The van der Waals surface area contributed by atoms with Gasteiger partial charge >= 0.3 is 0 Å². The maximum atomic E-state index is 8.55. The number of rotatable bonds is 5. The van der Waals surface area contributed by atoms with Crippen molar-refractivity contribution in [2.24, 2.45) is 0 Å². The molecule has 0 bridgehead atoms. The normalized spacial score (nSPS) is 13.5. The van der Waals surface area contributed by atoms with Crippen LogP contribution >= 0.6 is 0 Å². The van der Waals surface area contributed by atoms with Crippen LogP contribution < -0.4 is 14.8 Å². The Labute approximate surface area is 299 Å². The standard InChI is InChI=1S/C27H23N2O.C14H16NSi.Ir/c1-18(2)22-16-23(28-17-19(22)3)21-12-9-14-25-27(21)30-26-15-8-7-13-24(26)29(25)20-10-5-4-6-11-20;1-16(2,3)13-9-10-14(15-11-13)12-7-5-4-6-8-12;/h4-11,13-18H,1-3H3;4-7,9-11H,1-3H3;/q2*-1;/i3D3,18D;;. The van der Waals surface area contributed by atoms with Gasteiger partial charge in [0, 0.05) is 49.4 Å². The number of nitrogens with zero attached hydrogens (tertiary/aromatic N) is 3. The maximum Gasteiger partial charge on any atom is 0.138 e. The minimum absolute atomic E-state index is 0. The Kier molecular flexibility index (Phi) is 8.96. The molecule has 0 aliphatic carbocycles. The number of anilines is 3. The summed E-state index contributed by atoms with van der Waals surface area (Å²) in [6.07, 6.45) is 3.37. The molecule has 0 N–H and O–H groups in total. The van der Waals surface area contributed by atoms with Crippen molar-refractivity contribution < 1.29 is 30.3 Å². The summed E-state index contributed by atoms with van der Waals surface area (Å²) in [4.78, 5) is 11.1. The van der Waals surface area contributed by atoms with Gasteiger partial charge in [-0.3, -0.25) is 0 Å². The Morgan fingerprint density at radius 2 is 1.53 bits per heavy atom. The van der Waals surface area contributed by atoms with E-state index in [9.17, 15) is 0 Å². The number of hydrogen-bond donors (Lipinski definition) is 0. The molecule has 0 saturated heterocycles. The van der Waals surface area contributed by atoms with Crippen LogP contribution in [0.25, 0.3) is 22.5 Å². The Balaban J connectivity index is 0.000000249. The van der Waals surface area contributed by atoms with E-state index in [1.807, 2.05) is 97.2 Å². The predicted molar refractivity (Wildman–Crippen MR) is 194 cm³/mol. The van der Waals surface area contributed by atoms with Crippen molar-refractivity contribution in [2.45, 2.75) is 46.2 Å². The van der Waals surface area contributed by atoms with Crippen LogP contribution in [0.5, 0.6) is 11.5 Å². The number of benzene rings is 4. The van der Waals surface area contributed by atoms with Gasteiger partial charge < -0.3 is 19.6 Å². The van der Waals surface area contributed by atoms with Crippen LogP contribution in [0.1, 0.15) is 36.4 Å². The third-order valence-corrected chi connectivity index (χ3v) is 9.84. The molecule has 4 nitrogen and oxygen atoms in total. The van der Waals surface area contributed by atoms with Gasteiger partial charge in [0.25, 0.3) is 0 Å². The van der Waals surface area contributed by atoms with Crippen LogP contribution in [0.4, 0.5) is 17.1 Å². The molecule has 0 amide bonds. The van der Waals surface area contributed by atoms with E-state index >= 15 is 0 Å². The van der Waals surface area contributed by atoms with Gasteiger partial charge in [0.15, 0.2) is 0 Å². The number of hydrogen-bond acceptors (Lipinski definition) is 4. The van der Waals surface area contributed by atoms with E-state index in [-0.39, 0.29) is 25.7 Å². The molecule has 4 aromatic carbocycles. The second-order valence-corrected chi connectivity index (χ2v) is 17.5. The molecule has 1 radical (unpaired) electrons. The van der Waals surface area contributed by atoms with Gasteiger partial charge in [-0.1, -0.05) is 87.6 Å². The van der Waals surface area contributed by atoms with Crippen molar-refractivity contribution in [2.75, 3.05) is 4.90 Å². The van der Waals surface area contributed by atoms with Crippen molar-refractivity contribution in [1.29, 1.82) is 0 Å². The van der Waals surface area contributed by atoms with E-state index in [2.05, 4.69) is 58.8 Å². The first-order valence-corrected chi connectivity index (χ1v) is 18.8. The largest absolute Gasteiger partial charge is 0.498 e. The molecule has 0 spiro atoms. The van der Waals surface area contributed by atoms with Crippen LogP contribution in [0.15, 0.2) is 122 Å². The first kappa shape index (κ1) is 28.8. The fraction of sp³-hybridized carbons (Fsp3) is 0.171. The summed E-state index contributed by atoms with van der Waals surface area (Å²) in [5.41, 5.74) is 6.38. The second-order valence-electron chi connectivity index (χ2n) is 12.4. The SMILES string of the molecule is C[Si](C)(C)c1ccc(-c2[c-]cccc2)nc1.[2H]C([2H])([2H])c1cnc(-c2[c-]ccc3c2Oc2ccccc2N3c2ccccc2)cc1C([2H])(C)C.[Ir]. The van der Waals surface area contributed by atoms with Crippen molar-refractivity contribution in [3.63, 3.8) is 0 Å².